The van der Waals surface area contributed by atoms with E-state index in [-0.39, 0.29) is 15.0 Å². The van der Waals surface area contributed by atoms with Crippen LogP contribution in [-0.2, 0) is 4.74 Å². The van der Waals surface area contributed by atoms with Crippen molar-refractivity contribution in [3.63, 3.8) is 0 Å². The number of ether oxygens (including phenoxy) is 2. The van der Waals surface area contributed by atoms with Crippen molar-refractivity contribution < 1.29 is 19.1 Å². The van der Waals surface area contributed by atoms with E-state index in [4.69, 9.17) is 9.47 Å². The van der Waals surface area contributed by atoms with Crippen LogP contribution >= 0.6 is 45.2 Å². The molecular formula is C21H30I2O4. The zero-order valence-electron chi connectivity index (χ0n) is 17.2. The first-order valence-corrected chi connectivity index (χ1v) is 11.4. The third-order valence-electron chi connectivity index (χ3n) is 3.93. The lowest BCUT2D eigenvalue weighted by molar-refractivity contribution is 0.0205. The van der Waals surface area contributed by atoms with Gasteiger partial charge >= 0.3 is 6.16 Å². The summed E-state index contributed by atoms with van der Waals surface area (Å²) < 4.78 is 11.1. The van der Waals surface area contributed by atoms with Crippen LogP contribution in [0.2, 0.25) is 0 Å². The fraction of sp³-hybridized carbons (Fsp3) is 0.619. The average Bonchev–Trinajstić information content (AvgIpc) is 2.49. The number of carbonyl (C=O) groups excluding carboxylic acids is 2. The molecule has 0 aromatic heterocycles. The van der Waals surface area contributed by atoms with E-state index < -0.39 is 11.8 Å². The first-order chi connectivity index (χ1) is 12.2. The molecule has 0 N–H and O–H groups in total. The van der Waals surface area contributed by atoms with E-state index in [2.05, 4.69) is 66.0 Å². The number of benzene rings is 1. The molecule has 0 heterocycles. The maximum absolute atomic E-state index is 12.2. The van der Waals surface area contributed by atoms with Crippen molar-refractivity contribution in [3.8, 4) is 5.75 Å². The van der Waals surface area contributed by atoms with Gasteiger partial charge in [0, 0.05) is 7.35 Å². The Labute approximate surface area is 190 Å². The molecule has 0 radical (unpaired) electrons. The number of hydrogen-bond acceptors (Lipinski definition) is 4. The van der Waals surface area contributed by atoms with E-state index in [1.807, 2.05) is 12.1 Å². The van der Waals surface area contributed by atoms with Gasteiger partial charge in [-0.2, -0.15) is 0 Å². The van der Waals surface area contributed by atoms with Gasteiger partial charge in [-0.1, -0.05) is 72.0 Å². The molecule has 0 aliphatic heterocycles. The van der Waals surface area contributed by atoms with Gasteiger partial charge in [-0.05, 0) is 64.2 Å². The Morgan fingerprint density at radius 3 is 2.19 bits per heavy atom. The van der Waals surface area contributed by atoms with E-state index in [9.17, 15) is 9.59 Å². The summed E-state index contributed by atoms with van der Waals surface area (Å²) in [5.74, 6) is 0.426. The van der Waals surface area contributed by atoms with Crippen LogP contribution in [-0.4, -0.2) is 24.9 Å². The highest BCUT2D eigenvalue weighted by Crippen LogP contribution is 2.39. The number of hydrogen-bond donors (Lipinski definition) is 0. The Hall–Kier alpha value is -0.380. The molecule has 2 atom stereocenters. The van der Waals surface area contributed by atoms with Gasteiger partial charge < -0.3 is 9.47 Å². The van der Waals surface area contributed by atoms with Gasteiger partial charge in [0.1, 0.15) is 11.4 Å². The lowest BCUT2D eigenvalue weighted by Crippen LogP contribution is -2.26. The topological polar surface area (TPSA) is 52.6 Å². The van der Waals surface area contributed by atoms with Gasteiger partial charge in [-0.15, -0.1) is 0 Å². The third-order valence-corrected chi connectivity index (χ3v) is 6.12. The molecule has 1 aromatic rings. The highest BCUT2D eigenvalue weighted by molar-refractivity contribution is 14.1. The summed E-state index contributed by atoms with van der Waals surface area (Å²) >= 11 is 4.96. The molecule has 4 nitrogen and oxygen atoms in total. The first-order valence-electron chi connectivity index (χ1n) is 9.12. The summed E-state index contributed by atoms with van der Waals surface area (Å²) in [4.78, 5) is 24.2. The highest BCUT2D eigenvalue weighted by atomic mass is 127. The zero-order valence-corrected chi connectivity index (χ0v) is 21.5. The van der Waals surface area contributed by atoms with Crippen molar-refractivity contribution >= 4 is 57.1 Å². The van der Waals surface area contributed by atoms with Crippen molar-refractivity contribution in [1.82, 2.24) is 0 Å². The minimum absolute atomic E-state index is 0.135. The van der Waals surface area contributed by atoms with Crippen molar-refractivity contribution in [3.05, 3.63) is 29.3 Å². The molecule has 0 saturated heterocycles. The second kappa shape index (κ2) is 9.89. The Morgan fingerprint density at radius 1 is 1.15 bits per heavy atom. The van der Waals surface area contributed by atoms with Crippen LogP contribution in [0.3, 0.4) is 0 Å². The molecule has 6 heteroatoms. The molecule has 0 amide bonds. The van der Waals surface area contributed by atoms with Crippen LogP contribution in [0.4, 0.5) is 4.79 Å². The first kappa shape index (κ1) is 24.7. The van der Waals surface area contributed by atoms with Crippen LogP contribution in [0, 0.1) is 0 Å². The number of carbonyl (C=O) groups is 2. The van der Waals surface area contributed by atoms with Crippen molar-refractivity contribution in [2.24, 2.45) is 0 Å². The van der Waals surface area contributed by atoms with Crippen LogP contribution in [0.1, 0.15) is 83.1 Å². The van der Waals surface area contributed by atoms with E-state index in [0.717, 1.165) is 18.4 Å². The molecule has 0 bridgehead atoms. The van der Waals surface area contributed by atoms with E-state index in [1.165, 1.54) is 6.92 Å². The standard InChI is InChI=1S/C21H30I2O4/c1-8-17(22)16(12-21(6,7)23)14-9-10-18(15(11-14)13(2)24)26-19(25)27-20(3,4)5/h9-11,16-17H,8,12H2,1-7H3. The lowest BCUT2D eigenvalue weighted by Gasteiger charge is -2.29. The lowest BCUT2D eigenvalue weighted by atomic mass is 9.86. The van der Waals surface area contributed by atoms with Crippen LogP contribution < -0.4 is 4.74 Å². The molecule has 0 aliphatic carbocycles. The second-order valence-electron chi connectivity index (χ2n) is 8.33. The molecule has 0 fully saturated rings. The van der Waals surface area contributed by atoms with Crippen molar-refractivity contribution in [2.45, 2.75) is 80.2 Å². The predicted molar refractivity (Wildman–Crippen MR) is 127 cm³/mol. The Bertz CT molecular complexity index is 672. The Kier molecular flexibility index (Phi) is 9.03. The average molecular weight is 600 g/mol. The van der Waals surface area contributed by atoms with Crippen LogP contribution in [0.25, 0.3) is 0 Å². The van der Waals surface area contributed by atoms with Crippen molar-refractivity contribution in [1.29, 1.82) is 0 Å². The summed E-state index contributed by atoms with van der Waals surface area (Å²) in [6, 6.07) is 5.54. The number of halogens is 2. The number of ketones is 1. The van der Waals surface area contributed by atoms with Gasteiger partial charge in [0.2, 0.25) is 0 Å². The van der Waals surface area contributed by atoms with E-state index >= 15 is 0 Å². The molecule has 0 saturated carbocycles. The second-order valence-corrected chi connectivity index (χ2v) is 12.9. The third kappa shape index (κ3) is 8.66. The molecule has 152 valence electrons. The van der Waals surface area contributed by atoms with Gasteiger partial charge in [0.05, 0.1) is 5.56 Å². The Morgan fingerprint density at radius 2 is 1.74 bits per heavy atom. The fourth-order valence-electron chi connectivity index (χ4n) is 2.76. The maximum Gasteiger partial charge on any atom is 0.514 e. The maximum atomic E-state index is 12.2. The molecule has 1 aromatic carbocycles. The minimum atomic E-state index is -0.803. The summed E-state index contributed by atoms with van der Waals surface area (Å²) in [5.41, 5.74) is 0.858. The van der Waals surface area contributed by atoms with Gasteiger partial charge in [0.25, 0.3) is 0 Å². The molecule has 0 spiro atoms. The quantitative estimate of drug-likeness (QED) is 0.110. The Balaban J connectivity index is 3.23. The van der Waals surface area contributed by atoms with E-state index in [1.54, 1.807) is 26.8 Å². The number of rotatable bonds is 7. The molecule has 1 rings (SSSR count). The summed E-state index contributed by atoms with van der Waals surface area (Å²) in [7, 11) is 0. The molecule has 27 heavy (non-hydrogen) atoms. The van der Waals surface area contributed by atoms with Gasteiger partial charge in [-0.25, -0.2) is 4.79 Å². The number of alkyl halides is 2. The summed E-state index contributed by atoms with van der Waals surface area (Å²) in [6.45, 7) is 13.4. The molecule has 2 unspecified atom stereocenters. The van der Waals surface area contributed by atoms with Gasteiger partial charge in [0.15, 0.2) is 5.78 Å². The van der Waals surface area contributed by atoms with Crippen LogP contribution in [0.5, 0.6) is 5.75 Å². The van der Waals surface area contributed by atoms with E-state index in [0.29, 0.717) is 15.4 Å². The van der Waals surface area contributed by atoms with Crippen molar-refractivity contribution in [2.75, 3.05) is 0 Å². The minimum Gasteiger partial charge on any atom is -0.428 e. The normalized spacial score (nSPS) is 14.4. The number of Topliss-reactive ketones (excluding diaryl/α,β-unsaturated/α-hetero) is 1. The highest BCUT2D eigenvalue weighted by Gasteiger charge is 2.28. The van der Waals surface area contributed by atoms with Gasteiger partial charge in [-0.3, -0.25) is 4.79 Å². The molecular weight excluding hydrogens is 570 g/mol. The predicted octanol–water partition coefficient (Wildman–Crippen LogP) is 7.10. The largest absolute Gasteiger partial charge is 0.514 e. The smallest absolute Gasteiger partial charge is 0.428 e. The zero-order chi connectivity index (χ0) is 21.0. The van der Waals surface area contributed by atoms with Crippen LogP contribution in [0.15, 0.2) is 18.2 Å². The molecule has 0 aliphatic rings. The SMILES string of the molecule is CCC(I)C(CC(C)(C)I)c1ccc(OC(=O)OC(C)(C)C)c(C(C)=O)c1. The fourth-order valence-corrected chi connectivity index (χ4v) is 3.91. The monoisotopic (exact) mass is 600 g/mol. The summed E-state index contributed by atoms with van der Waals surface area (Å²) in [5, 5.41) is 0. The summed E-state index contributed by atoms with van der Waals surface area (Å²) in [6.07, 6.45) is 1.24.